The second kappa shape index (κ2) is 7.21. The van der Waals surface area contributed by atoms with Crippen LogP contribution in [0.25, 0.3) is 0 Å². The fourth-order valence-corrected chi connectivity index (χ4v) is 1.46. The molecule has 162 valence electrons. The standard InChI is InChI=1S/C13H4F11NO4/c14-9(11(17,18)19,29-13(23,24)10(15,16)12(20,21)22)8(27)28-6-1-2-7(26)5(3-6)4-25/h1-3,26H. The first-order valence-corrected chi connectivity index (χ1v) is 6.53. The minimum Gasteiger partial charge on any atom is -0.507 e. The number of benzene rings is 1. The minimum atomic E-state index is -7.34. The molecule has 0 amide bonds. The lowest BCUT2D eigenvalue weighted by Gasteiger charge is -2.33. The number of halogens is 11. The molecular formula is C13H4F11NO4. The van der Waals surface area contributed by atoms with E-state index in [4.69, 9.17) is 10.4 Å². The average Bonchev–Trinajstić information content (AvgIpc) is 2.53. The van der Waals surface area contributed by atoms with E-state index in [0.717, 1.165) is 0 Å². The van der Waals surface area contributed by atoms with Crippen molar-refractivity contribution in [3.05, 3.63) is 23.8 Å². The van der Waals surface area contributed by atoms with E-state index in [1.807, 2.05) is 4.74 Å². The van der Waals surface area contributed by atoms with Gasteiger partial charge in [-0.15, -0.1) is 0 Å². The number of hydrogen-bond acceptors (Lipinski definition) is 5. The number of phenols is 1. The first kappa shape index (κ1) is 24.2. The number of phenolic OH excluding ortho intramolecular Hbond substituents is 1. The van der Waals surface area contributed by atoms with E-state index in [-0.39, 0.29) is 0 Å². The summed E-state index contributed by atoms with van der Waals surface area (Å²) in [5.41, 5.74) is -0.776. The van der Waals surface area contributed by atoms with Crippen molar-refractivity contribution in [2.24, 2.45) is 0 Å². The van der Waals surface area contributed by atoms with Crippen LogP contribution in [0.15, 0.2) is 18.2 Å². The molecule has 0 fully saturated rings. The number of ether oxygens (including phenoxy) is 2. The zero-order valence-corrected chi connectivity index (χ0v) is 13.0. The number of nitriles is 1. The molecule has 1 rings (SSSR count). The normalized spacial score (nSPS) is 15.4. The molecule has 1 aromatic carbocycles. The molecule has 0 aliphatic heterocycles. The van der Waals surface area contributed by atoms with E-state index in [1.54, 1.807) is 0 Å². The Kier molecular flexibility index (Phi) is 6.02. The van der Waals surface area contributed by atoms with Crippen molar-refractivity contribution in [1.29, 1.82) is 5.26 Å². The Hall–Kier alpha value is -2.83. The molecule has 5 nitrogen and oxygen atoms in total. The highest BCUT2D eigenvalue weighted by atomic mass is 19.4. The number of alkyl halides is 11. The van der Waals surface area contributed by atoms with Crippen molar-refractivity contribution in [2.45, 2.75) is 30.2 Å². The van der Waals surface area contributed by atoms with Gasteiger partial charge < -0.3 is 9.84 Å². The van der Waals surface area contributed by atoms with E-state index in [1.165, 1.54) is 6.07 Å². The van der Waals surface area contributed by atoms with Gasteiger partial charge in [-0.1, -0.05) is 0 Å². The first-order chi connectivity index (χ1) is 12.8. The molecule has 0 saturated heterocycles. The van der Waals surface area contributed by atoms with E-state index in [9.17, 15) is 53.1 Å². The molecule has 0 spiro atoms. The van der Waals surface area contributed by atoms with Crippen molar-refractivity contribution in [3.63, 3.8) is 0 Å². The number of carbonyl (C=O) groups excluding carboxylic acids is 1. The van der Waals surface area contributed by atoms with Gasteiger partial charge in [0.1, 0.15) is 17.6 Å². The summed E-state index contributed by atoms with van der Waals surface area (Å²) in [6.45, 7) is 0. The number of esters is 1. The van der Waals surface area contributed by atoms with Crippen LogP contribution in [0.4, 0.5) is 48.3 Å². The van der Waals surface area contributed by atoms with Gasteiger partial charge in [0, 0.05) is 6.07 Å². The van der Waals surface area contributed by atoms with Crippen molar-refractivity contribution in [2.75, 3.05) is 0 Å². The van der Waals surface area contributed by atoms with E-state index in [0.29, 0.717) is 18.2 Å². The van der Waals surface area contributed by atoms with Crippen LogP contribution in [0.1, 0.15) is 5.56 Å². The Morgan fingerprint density at radius 2 is 1.45 bits per heavy atom. The van der Waals surface area contributed by atoms with Crippen molar-refractivity contribution < 1.29 is 67.7 Å². The van der Waals surface area contributed by atoms with Crippen LogP contribution in [0.5, 0.6) is 11.5 Å². The molecule has 1 N–H and O–H groups in total. The van der Waals surface area contributed by atoms with Crippen LogP contribution in [0, 0.1) is 11.3 Å². The van der Waals surface area contributed by atoms with Gasteiger partial charge in [-0.3, -0.25) is 4.74 Å². The lowest BCUT2D eigenvalue weighted by atomic mass is 10.2. The first-order valence-electron chi connectivity index (χ1n) is 6.53. The predicted molar refractivity (Wildman–Crippen MR) is 65.4 cm³/mol. The second-order valence-corrected chi connectivity index (χ2v) is 4.96. The molecule has 1 unspecified atom stereocenters. The van der Waals surface area contributed by atoms with E-state index in [2.05, 4.69) is 4.74 Å². The summed E-state index contributed by atoms with van der Waals surface area (Å²) in [5.74, 6) is -19.4. The lowest BCUT2D eigenvalue weighted by molar-refractivity contribution is -0.474. The van der Waals surface area contributed by atoms with Gasteiger partial charge in [0.2, 0.25) is 0 Å². The van der Waals surface area contributed by atoms with Gasteiger partial charge in [0.25, 0.3) is 0 Å². The highest BCUT2D eigenvalue weighted by Crippen LogP contribution is 2.51. The molecule has 0 aliphatic rings. The summed E-state index contributed by atoms with van der Waals surface area (Å²) in [6, 6.07) is 2.44. The summed E-state index contributed by atoms with van der Waals surface area (Å²) in [7, 11) is 0. The average molecular weight is 447 g/mol. The summed E-state index contributed by atoms with van der Waals surface area (Å²) in [6.07, 6.45) is -21.3. The third-order valence-corrected chi connectivity index (χ3v) is 2.92. The number of carbonyl (C=O) groups is 1. The van der Waals surface area contributed by atoms with Crippen LogP contribution in [0.3, 0.4) is 0 Å². The zero-order chi connectivity index (χ0) is 23.1. The molecule has 0 aliphatic carbocycles. The van der Waals surface area contributed by atoms with Gasteiger partial charge in [-0.2, -0.15) is 53.6 Å². The smallest absolute Gasteiger partial charge is 0.462 e. The Bertz CT molecular complexity index is 828. The maximum atomic E-state index is 13.9. The van der Waals surface area contributed by atoms with Gasteiger partial charge in [0.05, 0.1) is 5.56 Å². The molecule has 0 heterocycles. The predicted octanol–water partition coefficient (Wildman–Crippen LogP) is 4.20. The maximum Gasteiger partial charge on any atom is 0.462 e. The largest absolute Gasteiger partial charge is 0.507 e. The Morgan fingerprint density at radius 1 is 0.931 bits per heavy atom. The number of nitrogens with zero attached hydrogens (tertiary/aromatic N) is 1. The van der Waals surface area contributed by atoms with E-state index < -0.39 is 53.3 Å². The van der Waals surface area contributed by atoms with Crippen LogP contribution >= 0.6 is 0 Å². The number of aromatic hydroxyl groups is 1. The van der Waals surface area contributed by atoms with Gasteiger partial charge in [-0.25, -0.2) is 4.79 Å². The van der Waals surface area contributed by atoms with Gasteiger partial charge >= 0.3 is 36.2 Å². The van der Waals surface area contributed by atoms with Crippen molar-refractivity contribution in [1.82, 2.24) is 0 Å². The van der Waals surface area contributed by atoms with Gasteiger partial charge in [0.15, 0.2) is 0 Å². The Balaban J connectivity index is 3.35. The van der Waals surface area contributed by atoms with Crippen LogP contribution in [-0.4, -0.2) is 41.3 Å². The molecule has 0 bridgehead atoms. The topological polar surface area (TPSA) is 79.5 Å². The molecule has 0 saturated carbocycles. The highest BCUT2D eigenvalue weighted by molar-refractivity contribution is 5.81. The molecule has 1 aromatic rings. The minimum absolute atomic E-state index is 0.298. The lowest BCUT2D eigenvalue weighted by Crippen LogP contribution is -2.62. The summed E-state index contributed by atoms with van der Waals surface area (Å²) in [4.78, 5) is 11.4. The molecule has 29 heavy (non-hydrogen) atoms. The molecule has 1 atom stereocenters. The fraction of sp³-hybridized carbons (Fsp3) is 0.385. The molecule has 0 radical (unpaired) electrons. The Labute approximate surface area is 151 Å². The number of hydrogen-bond donors (Lipinski definition) is 1. The van der Waals surface area contributed by atoms with Crippen molar-refractivity contribution in [3.8, 4) is 17.6 Å². The van der Waals surface area contributed by atoms with Crippen molar-refractivity contribution >= 4 is 5.97 Å². The summed E-state index contributed by atoms with van der Waals surface area (Å²) >= 11 is 0. The summed E-state index contributed by atoms with van der Waals surface area (Å²) < 4.78 is 145. The third-order valence-electron chi connectivity index (χ3n) is 2.92. The summed E-state index contributed by atoms with van der Waals surface area (Å²) in [5, 5.41) is 17.7. The molecule has 16 heteroatoms. The van der Waals surface area contributed by atoms with Crippen LogP contribution in [-0.2, 0) is 9.53 Å². The van der Waals surface area contributed by atoms with E-state index >= 15 is 0 Å². The van der Waals surface area contributed by atoms with Crippen LogP contribution < -0.4 is 4.74 Å². The molecule has 0 aromatic heterocycles. The zero-order valence-electron chi connectivity index (χ0n) is 13.0. The molecular weight excluding hydrogens is 443 g/mol. The second-order valence-electron chi connectivity index (χ2n) is 4.96. The van der Waals surface area contributed by atoms with Crippen LogP contribution in [0.2, 0.25) is 0 Å². The quantitative estimate of drug-likeness (QED) is 0.416. The maximum absolute atomic E-state index is 13.9. The Morgan fingerprint density at radius 3 is 1.86 bits per heavy atom. The SMILES string of the molecule is N#Cc1cc(OC(=O)C(F)(OC(F)(F)C(F)(F)C(F)(F)F)C(F)(F)F)ccc1O. The number of rotatable bonds is 5. The van der Waals surface area contributed by atoms with Gasteiger partial charge in [-0.05, 0) is 12.1 Å². The fourth-order valence-electron chi connectivity index (χ4n) is 1.46. The third kappa shape index (κ3) is 4.44. The highest BCUT2D eigenvalue weighted by Gasteiger charge is 2.80. The monoisotopic (exact) mass is 447 g/mol.